The van der Waals surface area contributed by atoms with Crippen molar-refractivity contribution in [3.05, 3.63) is 35.7 Å². The fourth-order valence-electron chi connectivity index (χ4n) is 4.00. The normalized spacial score (nSPS) is 22.3. The molecule has 3 heterocycles. The van der Waals surface area contributed by atoms with Gasteiger partial charge in [0.15, 0.2) is 0 Å². The van der Waals surface area contributed by atoms with E-state index in [2.05, 4.69) is 10.1 Å². The summed E-state index contributed by atoms with van der Waals surface area (Å²) in [5.74, 6) is 1.39. The van der Waals surface area contributed by atoms with Crippen molar-refractivity contribution in [1.82, 2.24) is 18.8 Å². The predicted molar refractivity (Wildman–Crippen MR) is 102 cm³/mol. The van der Waals surface area contributed by atoms with E-state index in [0.29, 0.717) is 44.3 Å². The molecule has 0 spiro atoms. The summed E-state index contributed by atoms with van der Waals surface area (Å²) < 4.78 is 34.4. The van der Waals surface area contributed by atoms with Crippen LogP contribution in [0.25, 0.3) is 11.4 Å². The molecule has 0 amide bonds. The van der Waals surface area contributed by atoms with E-state index in [1.807, 2.05) is 31.2 Å². The first-order valence-electron chi connectivity index (χ1n) is 9.68. The van der Waals surface area contributed by atoms with Crippen LogP contribution in [0.1, 0.15) is 37.1 Å². The van der Waals surface area contributed by atoms with E-state index in [-0.39, 0.29) is 5.92 Å². The molecule has 2 aliphatic rings. The lowest BCUT2D eigenvalue weighted by Gasteiger charge is -2.33. The first-order chi connectivity index (χ1) is 13.0. The van der Waals surface area contributed by atoms with Gasteiger partial charge in [-0.3, -0.25) is 0 Å². The summed E-state index contributed by atoms with van der Waals surface area (Å²) in [7, 11) is -3.33. The lowest BCUT2D eigenvalue weighted by molar-refractivity contribution is 0.236. The number of piperidine rings is 1. The number of rotatable bonds is 5. The van der Waals surface area contributed by atoms with Gasteiger partial charge in [0, 0.05) is 38.2 Å². The van der Waals surface area contributed by atoms with Crippen molar-refractivity contribution in [3.63, 3.8) is 0 Å². The van der Waals surface area contributed by atoms with Gasteiger partial charge in [-0.25, -0.2) is 0 Å². The first-order valence-corrected chi connectivity index (χ1v) is 11.1. The van der Waals surface area contributed by atoms with Gasteiger partial charge in [-0.05, 0) is 44.1 Å². The second-order valence-electron chi connectivity index (χ2n) is 7.51. The van der Waals surface area contributed by atoms with Crippen LogP contribution in [0.5, 0.6) is 0 Å². The maximum atomic E-state index is 12.8. The van der Waals surface area contributed by atoms with Crippen LogP contribution in [-0.4, -0.2) is 53.3 Å². The number of aryl methyl sites for hydroxylation is 1. The Bertz CT molecular complexity index is 890. The third-order valence-electron chi connectivity index (χ3n) is 5.52. The smallest absolute Gasteiger partial charge is 0.281 e. The van der Waals surface area contributed by atoms with Crippen LogP contribution >= 0.6 is 0 Å². The highest BCUT2D eigenvalue weighted by Gasteiger charge is 2.35. The van der Waals surface area contributed by atoms with Crippen LogP contribution in [0, 0.1) is 12.8 Å². The molecule has 8 heteroatoms. The average Bonchev–Trinajstić information content (AvgIpc) is 3.35. The molecule has 0 radical (unpaired) electrons. The maximum Gasteiger partial charge on any atom is 0.281 e. The fraction of sp³-hybridized carbons (Fsp3) is 0.579. The lowest BCUT2D eigenvalue weighted by atomic mass is 9.96. The molecule has 27 heavy (non-hydrogen) atoms. The van der Waals surface area contributed by atoms with Gasteiger partial charge in [-0.1, -0.05) is 29.4 Å². The van der Waals surface area contributed by atoms with Crippen LogP contribution in [0.4, 0.5) is 0 Å². The Balaban J connectivity index is 1.43. The number of hydrogen-bond acceptors (Lipinski definition) is 5. The van der Waals surface area contributed by atoms with Gasteiger partial charge >= 0.3 is 0 Å². The number of benzene rings is 1. The zero-order valence-electron chi connectivity index (χ0n) is 15.7. The van der Waals surface area contributed by atoms with Crippen LogP contribution in [0.3, 0.4) is 0 Å². The second-order valence-corrected chi connectivity index (χ2v) is 9.44. The van der Waals surface area contributed by atoms with E-state index in [1.54, 1.807) is 8.61 Å². The minimum atomic E-state index is -3.33. The highest BCUT2D eigenvalue weighted by Crippen LogP contribution is 2.26. The van der Waals surface area contributed by atoms with Gasteiger partial charge in [0.05, 0.1) is 0 Å². The Hall–Kier alpha value is -1.77. The molecule has 2 saturated heterocycles. The lowest BCUT2D eigenvalue weighted by Crippen LogP contribution is -2.47. The van der Waals surface area contributed by atoms with Crippen molar-refractivity contribution in [2.24, 2.45) is 5.92 Å². The molecule has 2 aromatic rings. The van der Waals surface area contributed by atoms with Crippen molar-refractivity contribution in [2.75, 3.05) is 26.2 Å². The predicted octanol–water partition coefficient (Wildman–Crippen LogP) is 2.64. The summed E-state index contributed by atoms with van der Waals surface area (Å²) in [6, 6.07) is 7.94. The molecule has 0 N–H and O–H groups in total. The Morgan fingerprint density at radius 1 is 1.11 bits per heavy atom. The largest absolute Gasteiger partial charge is 0.339 e. The summed E-state index contributed by atoms with van der Waals surface area (Å²) in [5.41, 5.74) is 2.07. The average molecular weight is 391 g/mol. The third kappa shape index (κ3) is 3.93. The van der Waals surface area contributed by atoms with Crippen LogP contribution in [0.15, 0.2) is 28.8 Å². The van der Waals surface area contributed by atoms with Gasteiger partial charge < -0.3 is 4.52 Å². The Morgan fingerprint density at radius 3 is 2.63 bits per heavy atom. The van der Waals surface area contributed by atoms with Gasteiger partial charge in [-0.2, -0.15) is 22.0 Å². The molecule has 1 atom stereocenters. The molecule has 2 fully saturated rings. The van der Waals surface area contributed by atoms with E-state index in [1.165, 1.54) is 0 Å². The van der Waals surface area contributed by atoms with Crippen molar-refractivity contribution in [2.45, 2.75) is 39.0 Å². The number of hydrogen-bond donors (Lipinski definition) is 0. The van der Waals surface area contributed by atoms with E-state index in [9.17, 15) is 8.42 Å². The molecule has 4 rings (SSSR count). The topological polar surface area (TPSA) is 79.5 Å². The van der Waals surface area contributed by atoms with Crippen molar-refractivity contribution >= 4 is 10.2 Å². The van der Waals surface area contributed by atoms with E-state index in [4.69, 9.17) is 4.52 Å². The molecular formula is C19H26N4O3S. The maximum absolute atomic E-state index is 12.8. The zero-order chi connectivity index (χ0) is 18.9. The van der Waals surface area contributed by atoms with E-state index >= 15 is 0 Å². The number of nitrogens with zero attached hydrogens (tertiary/aromatic N) is 4. The molecule has 7 nitrogen and oxygen atoms in total. The molecule has 1 aromatic carbocycles. The standard InChI is InChI=1S/C19H26N4O3S/c1-15-7-2-3-9-17(15)19-20-18(26-21-19)13-16-8-6-12-23(14-16)27(24,25)22-10-4-5-11-22/h2-3,7,9,16H,4-6,8,10-14H2,1H3. The first kappa shape index (κ1) is 18.6. The zero-order valence-corrected chi connectivity index (χ0v) is 16.5. The van der Waals surface area contributed by atoms with Crippen molar-refractivity contribution in [3.8, 4) is 11.4 Å². The highest BCUT2D eigenvalue weighted by molar-refractivity contribution is 7.86. The summed E-state index contributed by atoms with van der Waals surface area (Å²) in [4.78, 5) is 4.54. The molecule has 1 unspecified atom stereocenters. The summed E-state index contributed by atoms with van der Waals surface area (Å²) in [6.07, 6.45) is 4.38. The van der Waals surface area contributed by atoms with Gasteiger partial charge in [0.25, 0.3) is 10.2 Å². The van der Waals surface area contributed by atoms with Crippen molar-refractivity contribution in [1.29, 1.82) is 0 Å². The summed E-state index contributed by atoms with van der Waals surface area (Å²) >= 11 is 0. The summed E-state index contributed by atoms with van der Waals surface area (Å²) in [5, 5.41) is 4.12. The minimum absolute atomic E-state index is 0.210. The van der Waals surface area contributed by atoms with Crippen LogP contribution < -0.4 is 0 Å². The molecule has 0 aliphatic carbocycles. The Morgan fingerprint density at radius 2 is 1.85 bits per heavy atom. The van der Waals surface area contributed by atoms with Gasteiger partial charge in [-0.15, -0.1) is 0 Å². The second kappa shape index (κ2) is 7.69. The SMILES string of the molecule is Cc1ccccc1-c1noc(CC2CCCN(S(=O)(=O)N3CCCC3)C2)n1. The van der Waals surface area contributed by atoms with Crippen molar-refractivity contribution < 1.29 is 12.9 Å². The Labute approximate surface area is 160 Å². The van der Waals surface area contributed by atoms with E-state index in [0.717, 1.165) is 36.8 Å². The van der Waals surface area contributed by atoms with Gasteiger partial charge in [0.1, 0.15) is 0 Å². The fourth-order valence-corrected chi connectivity index (χ4v) is 5.81. The van der Waals surface area contributed by atoms with Crippen LogP contribution in [-0.2, 0) is 16.6 Å². The van der Waals surface area contributed by atoms with Crippen LogP contribution in [0.2, 0.25) is 0 Å². The molecule has 2 aliphatic heterocycles. The third-order valence-corrected chi connectivity index (χ3v) is 7.52. The molecule has 0 bridgehead atoms. The number of aromatic nitrogens is 2. The monoisotopic (exact) mass is 390 g/mol. The minimum Gasteiger partial charge on any atom is -0.339 e. The molecule has 0 saturated carbocycles. The molecule has 1 aromatic heterocycles. The molecule has 146 valence electrons. The summed E-state index contributed by atoms with van der Waals surface area (Å²) in [6.45, 7) is 4.45. The Kier molecular flexibility index (Phi) is 5.29. The van der Waals surface area contributed by atoms with Gasteiger partial charge in [0.2, 0.25) is 11.7 Å². The molecular weight excluding hydrogens is 364 g/mol. The van der Waals surface area contributed by atoms with E-state index < -0.39 is 10.2 Å². The highest BCUT2D eigenvalue weighted by atomic mass is 32.2. The quantitative estimate of drug-likeness (QED) is 0.784.